The lowest BCUT2D eigenvalue weighted by atomic mass is 10.1. The minimum atomic E-state index is 0.208. The molecule has 0 unspecified atom stereocenters. The summed E-state index contributed by atoms with van der Waals surface area (Å²) in [6.45, 7) is 2.47. The summed E-state index contributed by atoms with van der Waals surface area (Å²) in [5.41, 5.74) is 5.24. The molecule has 0 rings (SSSR count). The van der Waals surface area contributed by atoms with Gasteiger partial charge in [-0.3, -0.25) is 4.79 Å². The summed E-state index contributed by atoms with van der Waals surface area (Å²) in [5, 5.41) is 0. The molecule has 0 saturated heterocycles. The predicted molar refractivity (Wildman–Crippen MR) is 70.5 cm³/mol. The Morgan fingerprint density at radius 2 is 1.25 bits per heavy atom. The number of hydrogen-bond donors (Lipinski definition) is 1. The Morgan fingerprint density at radius 3 is 1.69 bits per heavy atom. The number of carbonyl (C=O) groups is 1. The van der Waals surface area contributed by atoms with Crippen LogP contribution in [0.2, 0.25) is 0 Å². The van der Waals surface area contributed by atoms with Gasteiger partial charge in [0.1, 0.15) is 5.78 Å². The first kappa shape index (κ1) is 15.6. The van der Waals surface area contributed by atoms with Crippen LogP contribution >= 0.6 is 0 Å². The molecule has 2 N–H and O–H groups in total. The van der Waals surface area contributed by atoms with Crippen LogP contribution in [0.5, 0.6) is 0 Å². The van der Waals surface area contributed by atoms with Gasteiger partial charge in [0.2, 0.25) is 0 Å². The van der Waals surface area contributed by atoms with E-state index in [2.05, 4.69) is 6.92 Å². The van der Waals surface area contributed by atoms with Crippen LogP contribution in [0.3, 0.4) is 0 Å². The molecule has 2 nitrogen and oxygen atoms in total. The summed E-state index contributed by atoms with van der Waals surface area (Å²) in [7, 11) is 0. The standard InChI is InChI=1S/C14H29NO/c1-2-3-4-5-6-7-8-9-10-11-12-14(16)13-15/h2-13,15H2,1H3. The molecule has 0 atom stereocenters. The molecule has 16 heavy (non-hydrogen) atoms. The molecular formula is C14H29NO. The second kappa shape index (κ2) is 12.7. The smallest absolute Gasteiger partial charge is 0.146 e. The van der Waals surface area contributed by atoms with E-state index < -0.39 is 0 Å². The molecule has 0 spiro atoms. The van der Waals surface area contributed by atoms with Crippen LogP contribution in [0.1, 0.15) is 77.6 Å². The van der Waals surface area contributed by atoms with Gasteiger partial charge in [0.05, 0.1) is 6.54 Å². The molecule has 0 aromatic heterocycles. The molecule has 0 aliphatic rings. The zero-order chi connectivity index (χ0) is 12.1. The highest BCUT2D eigenvalue weighted by Crippen LogP contribution is 2.11. The lowest BCUT2D eigenvalue weighted by Crippen LogP contribution is -2.12. The summed E-state index contributed by atoms with van der Waals surface area (Å²) >= 11 is 0. The van der Waals surface area contributed by atoms with Gasteiger partial charge in [-0.05, 0) is 6.42 Å². The topological polar surface area (TPSA) is 43.1 Å². The molecule has 0 saturated carbocycles. The van der Waals surface area contributed by atoms with Crippen LogP contribution in [0.15, 0.2) is 0 Å². The van der Waals surface area contributed by atoms with Gasteiger partial charge in [0.25, 0.3) is 0 Å². The summed E-state index contributed by atoms with van der Waals surface area (Å²) < 4.78 is 0. The third kappa shape index (κ3) is 11.7. The van der Waals surface area contributed by atoms with E-state index in [1.54, 1.807) is 0 Å². The number of Topliss-reactive ketones (excluding diaryl/α,β-unsaturated/α-hetero) is 1. The van der Waals surface area contributed by atoms with Gasteiger partial charge in [-0.15, -0.1) is 0 Å². The fourth-order valence-corrected chi connectivity index (χ4v) is 1.91. The van der Waals surface area contributed by atoms with Crippen LogP contribution in [-0.4, -0.2) is 12.3 Å². The largest absolute Gasteiger partial charge is 0.324 e. The predicted octanol–water partition coefficient (Wildman–Crippen LogP) is 3.83. The molecule has 0 bridgehead atoms. The third-order valence-corrected chi connectivity index (χ3v) is 3.04. The van der Waals surface area contributed by atoms with Gasteiger partial charge in [0.15, 0.2) is 0 Å². The third-order valence-electron chi connectivity index (χ3n) is 3.04. The lowest BCUT2D eigenvalue weighted by molar-refractivity contribution is -0.117. The Balaban J connectivity index is 2.96. The Labute approximate surface area is 101 Å². The van der Waals surface area contributed by atoms with Gasteiger partial charge >= 0.3 is 0 Å². The van der Waals surface area contributed by atoms with Crippen molar-refractivity contribution in [3.05, 3.63) is 0 Å². The normalized spacial score (nSPS) is 10.6. The summed E-state index contributed by atoms with van der Waals surface area (Å²) in [6.07, 6.45) is 13.8. The quantitative estimate of drug-likeness (QED) is 0.515. The Bertz CT molecular complexity index is 157. The summed E-state index contributed by atoms with van der Waals surface area (Å²) in [4.78, 5) is 10.9. The highest BCUT2D eigenvalue weighted by atomic mass is 16.1. The lowest BCUT2D eigenvalue weighted by Gasteiger charge is -2.01. The van der Waals surface area contributed by atoms with Gasteiger partial charge < -0.3 is 5.73 Å². The maximum atomic E-state index is 10.9. The Kier molecular flexibility index (Phi) is 12.4. The summed E-state index contributed by atoms with van der Waals surface area (Å²) in [6, 6.07) is 0. The number of nitrogens with two attached hydrogens (primary N) is 1. The van der Waals surface area contributed by atoms with Crippen molar-refractivity contribution in [2.75, 3.05) is 6.54 Å². The van der Waals surface area contributed by atoms with Crippen molar-refractivity contribution >= 4 is 5.78 Å². The van der Waals surface area contributed by atoms with Crippen molar-refractivity contribution in [2.24, 2.45) is 5.73 Å². The van der Waals surface area contributed by atoms with Crippen LogP contribution in [0, 0.1) is 0 Å². The SMILES string of the molecule is CCCCCCCCCCCCC(=O)CN. The fraction of sp³-hybridized carbons (Fsp3) is 0.929. The van der Waals surface area contributed by atoms with Crippen LogP contribution < -0.4 is 5.73 Å². The molecule has 0 radical (unpaired) electrons. The highest BCUT2D eigenvalue weighted by Gasteiger charge is 1.97. The first-order valence-corrected chi connectivity index (χ1v) is 7.03. The molecule has 0 heterocycles. The average molecular weight is 227 g/mol. The zero-order valence-corrected chi connectivity index (χ0v) is 11.0. The maximum absolute atomic E-state index is 10.9. The van der Waals surface area contributed by atoms with E-state index in [4.69, 9.17) is 5.73 Å². The van der Waals surface area contributed by atoms with Crippen molar-refractivity contribution in [3.63, 3.8) is 0 Å². The Hall–Kier alpha value is -0.370. The number of ketones is 1. The molecule has 0 amide bonds. The minimum Gasteiger partial charge on any atom is -0.324 e. The van der Waals surface area contributed by atoms with E-state index >= 15 is 0 Å². The van der Waals surface area contributed by atoms with Crippen LogP contribution in [0.4, 0.5) is 0 Å². The molecule has 0 aliphatic carbocycles. The van der Waals surface area contributed by atoms with E-state index in [1.165, 1.54) is 57.8 Å². The summed E-state index contributed by atoms with van der Waals surface area (Å²) in [5.74, 6) is 0.208. The zero-order valence-electron chi connectivity index (χ0n) is 11.0. The first-order valence-electron chi connectivity index (χ1n) is 7.03. The van der Waals surface area contributed by atoms with E-state index in [0.717, 1.165) is 6.42 Å². The first-order chi connectivity index (χ1) is 7.81. The second-order valence-corrected chi connectivity index (χ2v) is 4.67. The number of unbranched alkanes of at least 4 members (excludes halogenated alkanes) is 9. The van der Waals surface area contributed by atoms with E-state index in [-0.39, 0.29) is 12.3 Å². The Morgan fingerprint density at radius 1 is 0.812 bits per heavy atom. The molecule has 0 fully saturated rings. The molecule has 96 valence electrons. The van der Waals surface area contributed by atoms with Gasteiger partial charge in [-0.1, -0.05) is 64.7 Å². The van der Waals surface area contributed by atoms with Gasteiger partial charge in [0, 0.05) is 6.42 Å². The van der Waals surface area contributed by atoms with Crippen molar-refractivity contribution in [2.45, 2.75) is 77.6 Å². The van der Waals surface area contributed by atoms with E-state index in [0.29, 0.717) is 6.42 Å². The number of hydrogen-bond acceptors (Lipinski definition) is 2. The number of rotatable bonds is 12. The molecule has 0 aromatic rings. The van der Waals surface area contributed by atoms with Crippen LogP contribution in [0.25, 0.3) is 0 Å². The average Bonchev–Trinajstić information content (AvgIpc) is 2.31. The maximum Gasteiger partial charge on any atom is 0.146 e. The molecule has 2 heteroatoms. The van der Waals surface area contributed by atoms with Crippen molar-refractivity contribution in [3.8, 4) is 0 Å². The number of carbonyl (C=O) groups excluding carboxylic acids is 1. The van der Waals surface area contributed by atoms with Crippen LogP contribution in [-0.2, 0) is 4.79 Å². The monoisotopic (exact) mass is 227 g/mol. The second-order valence-electron chi connectivity index (χ2n) is 4.67. The highest BCUT2D eigenvalue weighted by molar-refractivity contribution is 5.80. The van der Waals surface area contributed by atoms with Crippen molar-refractivity contribution < 1.29 is 4.79 Å². The molecule has 0 aliphatic heterocycles. The fourth-order valence-electron chi connectivity index (χ4n) is 1.91. The van der Waals surface area contributed by atoms with Crippen molar-refractivity contribution in [1.29, 1.82) is 0 Å². The molecule has 0 aromatic carbocycles. The van der Waals surface area contributed by atoms with Gasteiger partial charge in [-0.2, -0.15) is 0 Å². The van der Waals surface area contributed by atoms with Crippen molar-refractivity contribution in [1.82, 2.24) is 0 Å². The van der Waals surface area contributed by atoms with E-state index in [1.807, 2.05) is 0 Å². The molecular weight excluding hydrogens is 198 g/mol. The van der Waals surface area contributed by atoms with Gasteiger partial charge in [-0.25, -0.2) is 0 Å². The van der Waals surface area contributed by atoms with E-state index in [9.17, 15) is 4.79 Å². The minimum absolute atomic E-state index is 0.208.